The molecule has 0 aromatic carbocycles. The molecule has 0 aliphatic rings. The lowest BCUT2D eigenvalue weighted by atomic mass is 10.4. The number of phosphoric acid groups is 1. The Bertz CT molecular complexity index is 174. The van der Waals surface area contributed by atoms with Gasteiger partial charge in [-0.15, -0.1) is 11.6 Å². The van der Waals surface area contributed by atoms with Gasteiger partial charge in [0.2, 0.25) is 0 Å². The van der Waals surface area contributed by atoms with Crippen LogP contribution in [-0.2, 0) is 4.57 Å². The van der Waals surface area contributed by atoms with E-state index in [1.807, 2.05) is 0 Å². The normalized spacial score (nSPS) is 12.4. The van der Waals surface area contributed by atoms with Crippen molar-refractivity contribution >= 4 is 19.4 Å². The topological polar surface area (TPSA) is 77.8 Å². The number of halogens is 5. The van der Waals surface area contributed by atoms with Crippen molar-refractivity contribution in [2.45, 2.75) is 12.3 Å². The molecule has 13 heavy (non-hydrogen) atoms. The molecule has 0 radical (unpaired) electrons. The van der Waals surface area contributed by atoms with Crippen molar-refractivity contribution in [3.63, 3.8) is 0 Å². The first-order valence-electron chi connectivity index (χ1n) is 2.51. The Morgan fingerprint density at radius 2 is 1.54 bits per heavy atom. The van der Waals surface area contributed by atoms with Gasteiger partial charge in [0.15, 0.2) is 0 Å². The lowest BCUT2D eigenvalue weighted by molar-refractivity contribution is -0.110. The second kappa shape index (κ2) is 5.77. The van der Waals surface area contributed by atoms with E-state index < -0.39 is 26.1 Å². The third kappa shape index (κ3) is 14.9. The largest absolute Gasteiger partial charge is 0.466 e. The van der Waals surface area contributed by atoms with Gasteiger partial charge < -0.3 is 14.7 Å². The molecule has 82 valence electrons. The fraction of sp³-hybridized carbons (Fsp3) is 1.00. The summed E-state index contributed by atoms with van der Waals surface area (Å²) in [5.41, 5.74) is 0. The summed E-state index contributed by atoms with van der Waals surface area (Å²) in [4.78, 5) is 21.6. The molecule has 0 saturated carbocycles. The number of alkyl halides is 5. The maximum absolute atomic E-state index is 11.4. The van der Waals surface area contributed by atoms with E-state index >= 15 is 0 Å². The molecule has 0 spiro atoms. The van der Waals surface area contributed by atoms with Crippen LogP contribution in [0.2, 0.25) is 0 Å². The smallest absolute Gasteiger partial charge is 0.303 e. The van der Waals surface area contributed by atoms with Crippen LogP contribution < -0.4 is 0 Å². The second-order valence-corrected chi connectivity index (χ2v) is 3.00. The van der Waals surface area contributed by atoms with Crippen molar-refractivity contribution in [3.8, 4) is 0 Å². The molecule has 0 aliphatic carbocycles. The summed E-state index contributed by atoms with van der Waals surface area (Å²) in [7, 11) is -4.64. The van der Waals surface area contributed by atoms with Crippen LogP contribution >= 0.6 is 19.4 Å². The van der Waals surface area contributed by atoms with Crippen molar-refractivity contribution in [3.05, 3.63) is 0 Å². The van der Waals surface area contributed by atoms with Crippen molar-refractivity contribution in [1.82, 2.24) is 0 Å². The van der Waals surface area contributed by atoms with Crippen molar-refractivity contribution in [2.75, 3.05) is 5.88 Å². The van der Waals surface area contributed by atoms with E-state index in [4.69, 9.17) is 19.2 Å². The SMILES string of the molecule is FC(F)C(F)(F)CCl.O=P(O)(O)O. The molecule has 0 fully saturated rings. The van der Waals surface area contributed by atoms with Gasteiger partial charge in [0.05, 0.1) is 5.88 Å². The third-order valence-corrected chi connectivity index (χ3v) is 0.854. The van der Waals surface area contributed by atoms with E-state index in [9.17, 15) is 17.6 Å². The van der Waals surface area contributed by atoms with Gasteiger partial charge in [-0.25, -0.2) is 13.3 Å². The van der Waals surface area contributed by atoms with Gasteiger partial charge in [0.25, 0.3) is 0 Å². The van der Waals surface area contributed by atoms with Gasteiger partial charge in [-0.1, -0.05) is 0 Å². The van der Waals surface area contributed by atoms with E-state index in [0.717, 1.165) is 0 Å². The molecule has 0 unspecified atom stereocenters. The quantitative estimate of drug-likeness (QED) is 0.390. The van der Waals surface area contributed by atoms with Gasteiger partial charge in [0, 0.05) is 0 Å². The van der Waals surface area contributed by atoms with Crippen LogP contribution in [0.5, 0.6) is 0 Å². The van der Waals surface area contributed by atoms with Gasteiger partial charge >= 0.3 is 20.2 Å². The van der Waals surface area contributed by atoms with Gasteiger partial charge in [-0.3, -0.25) is 0 Å². The molecular formula is C3H6ClF4O4P. The van der Waals surface area contributed by atoms with Crippen LogP contribution in [0.1, 0.15) is 0 Å². The third-order valence-electron chi connectivity index (χ3n) is 0.497. The van der Waals surface area contributed by atoms with Crippen LogP contribution in [0.25, 0.3) is 0 Å². The van der Waals surface area contributed by atoms with Crippen LogP contribution in [0.3, 0.4) is 0 Å². The zero-order valence-corrected chi connectivity index (χ0v) is 7.52. The first kappa shape index (κ1) is 15.6. The molecule has 0 heterocycles. The predicted octanol–water partition coefficient (Wildman–Crippen LogP) is 1.20. The van der Waals surface area contributed by atoms with Crippen molar-refractivity contribution in [2.24, 2.45) is 0 Å². The summed E-state index contributed by atoms with van der Waals surface area (Å²) in [6, 6.07) is 0. The maximum Gasteiger partial charge on any atom is 0.466 e. The highest BCUT2D eigenvalue weighted by molar-refractivity contribution is 7.45. The van der Waals surface area contributed by atoms with E-state index in [2.05, 4.69) is 11.6 Å². The van der Waals surface area contributed by atoms with Gasteiger partial charge in [-0.05, 0) is 0 Å². The summed E-state index contributed by atoms with van der Waals surface area (Å²) in [6.45, 7) is 0. The van der Waals surface area contributed by atoms with Gasteiger partial charge in [-0.2, -0.15) is 8.78 Å². The summed E-state index contributed by atoms with van der Waals surface area (Å²) < 4.78 is 53.6. The Hall–Kier alpha value is 0.120. The molecule has 0 rings (SSSR count). The highest BCUT2D eigenvalue weighted by Gasteiger charge is 2.39. The van der Waals surface area contributed by atoms with Crippen molar-refractivity contribution in [1.29, 1.82) is 0 Å². The summed E-state index contributed by atoms with van der Waals surface area (Å²) in [5, 5.41) is 0. The van der Waals surface area contributed by atoms with Crippen LogP contribution in [-0.4, -0.2) is 32.9 Å². The second-order valence-electron chi connectivity index (χ2n) is 1.71. The fourth-order valence-electron chi connectivity index (χ4n) is 0.0583. The number of rotatable bonds is 2. The molecule has 0 bridgehead atoms. The minimum absolute atomic E-state index is 1.33. The molecule has 10 heteroatoms. The lowest BCUT2D eigenvalue weighted by Gasteiger charge is -2.09. The van der Waals surface area contributed by atoms with Crippen LogP contribution in [0.15, 0.2) is 0 Å². The Labute approximate surface area is 75.4 Å². The fourth-order valence-corrected chi connectivity index (χ4v) is 0.175. The standard InChI is InChI=1S/C3H3ClF4.H3O4P/c4-1-3(7,8)2(5)6;1-5(2,3)4/h2H,1H2;(H3,1,2,3,4). The van der Waals surface area contributed by atoms with Gasteiger partial charge in [0.1, 0.15) is 0 Å². The average Bonchev–Trinajstić information content (AvgIpc) is 1.83. The molecule has 0 atom stereocenters. The molecule has 0 aliphatic heterocycles. The molecule has 3 N–H and O–H groups in total. The lowest BCUT2D eigenvalue weighted by Crippen LogP contribution is -2.27. The Balaban J connectivity index is 0. The summed E-state index contributed by atoms with van der Waals surface area (Å²) in [5.74, 6) is -5.35. The first-order chi connectivity index (χ1) is 5.50. The average molecular weight is 248 g/mol. The Morgan fingerprint density at radius 3 is 1.54 bits per heavy atom. The van der Waals surface area contributed by atoms with E-state index in [1.165, 1.54) is 0 Å². The minimum atomic E-state index is -4.64. The molecule has 0 amide bonds. The highest BCUT2D eigenvalue weighted by Crippen LogP contribution is 2.25. The Kier molecular flexibility index (Phi) is 6.91. The summed E-state index contributed by atoms with van der Waals surface area (Å²) >= 11 is 4.46. The van der Waals surface area contributed by atoms with Crippen LogP contribution in [0.4, 0.5) is 17.6 Å². The molecule has 0 saturated heterocycles. The summed E-state index contributed by atoms with van der Waals surface area (Å²) in [6.07, 6.45) is -3.65. The highest BCUT2D eigenvalue weighted by atomic mass is 35.5. The minimum Gasteiger partial charge on any atom is -0.303 e. The Morgan fingerprint density at radius 1 is 1.31 bits per heavy atom. The predicted molar refractivity (Wildman–Crippen MR) is 35.9 cm³/mol. The molecule has 4 nitrogen and oxygen atoms in total. The zero-order valence-electron chi connectivity index (χ0n) is 5.87. The van der Waals surface area contributed by atoms with E-state index in [1.54, 1.807) is 0 Å². The van der Waals surface area contributed by atoms with E-state index in [-0.39, 0.29) is 0 Å². The maximum atomic E-state index is 11.4. The van der Waals surface area contributed by atoms with Crippen LogP contribution in [0, 0.1) is 0 Å². The zero-order chi connectivity index (χ0) is 11.3. The molecule has 0 aromatic heterocycles. The number of hydrogen-bond donors (Lipinski definition) is 3. The van der Waals surface area contributed by atoms with E-state index in [0.29, 0.717) is 0 Å². The van der Waals surface area contributed by atoms with Crippen molar-refractivity contribution < 1.29 is 36.8 Å². The molecular weight excluding hydrogens is 242 g/mol. The first-order valence-corrected chi connectivity index (χ1v) is 4.61. The molecule has 0 aromatic rings. The monoisotopic (exact) mass is 248 g/mol. The number of hydrogen-bond acceptors (Lipinski definition) is 1.